The van der Waals surface area contributed by atoms with Crippen molar-refractivity contribution in [2.45, 2.75) is 13.2 Å². The summed E-state index contributed by atoms with van der Waals surface area (Å²) in [7, 11) is 0. The molecular weight excluding hydrogens is 178 g/mol. The van der Waals surface area contributed by atoms with Gasteiger partial charge in [0.05, 0.1) is 0 Å². The normalized spacial score (nSPS) is 10.5. The van der Waals surface area contributed by atoms with E-state index in [-0.39, 0.29) is 12.3 Å². The van der Waals surface area contributed by atoms with Gasteiger partial charge in [0.25, 0.3) is 0 Å². The second-order valence-corrected chi connectivity index (χ2v) is 2.45. The molecule has 72 valence electrons. The fourth-order valence-corrected chi connectivity index (χ4v) is 0.970. The van der Waals surface area contributed by atoms with Crippen molar-refractivity contribution >= 4 is 5.69 Å². The number of benzene rings is 1. The summed E-state index contributed by atoms with van der Waals surface area (Å²) in [6.45, 7) is -2.72. The Labute approximate surface area is 74.3 Å². The molecular formula is C8H10F2N2O. The van der Waals surface area contributed by atoms with Crippen LogP contribution in [0.2, 0.25) is 0 Å². The Kier molecular flexibility index (Phi) is 3.02. The summed E-state index contributed by atoms with van der Waals surface area (Å²) >= 11 is 0. The van der Waals surface area contributed by atoms with Crippen molar-refractivity contribution in [3.05, 3.63) is 23.8 Å². The van der Waals surface area contributed by atoms with Gasteiger partial charge in [-0.05, 0) is 18.2 Å². The fourth-order valence-electron chi connectivity index (χ4n) is 0.970. The highest BCUT2D eigenvalue weighted by Gasteiger charge is 2.08. The number of hydrogen-bond acceptors (Lipinski definition) is 3. The predicted octanol–water partition coefficient (Wildman–Crippen LogP) is 1.33. The molecule has 1 aromatic carbocycles. The molecule has 0 amide bonds. The number of alkyl halides is 2. The van der Waals surface area contributed by atoms with E-state index in [0.717, 1.165) is 0 Å². The molecule has 0 heterocycles. The van der Waals surface area contributed by atoms with Crippen LogP contribution in [0.15, 0.2) is 18.2 Å². The Morgan fingerprint density at radius 3 is 2.62 bits per heavy atom. The Morgan fingerprint density at radius 1 is 1.38 bits per heavy atom. The van der Waals surface area contributed by atoms with Crippen LogP contribution in [0.1, 0.15) is 5.56 Å². The zero-order valence-electron chi connectivity index (χ0n) is 6.84. The number of halogens is 2. The van der Waals surface area contributed by atoms with Crippen LogP contribution in [0.25, 0.3) is 0 Å². The van der Waals surface area contributed by atoms with Gasteiger partial charge in [0, 0.05) is 17.8 Å². The average Bonchev–Trinajstić information content (AvgIpc) is 2.07. The Balaban J connectivity index is 2.92. The lowest BCUT2D eigenvalue weighted by Crippen LogP contribution is -2.07. The first-order chi connectivity index (χ1) is 6.13. The van der Waals surface area contributed by atoms with Gasteiger partial charge in [0.2, 0.25) is 0 Å². The first kappa shape index (κ1) is 9.73. The molecule has 1 rings (SSSR count). The number of nitrogen functional groups attached to an aromatic ring is 1. The first-order valence-corrected chi connectivity index (χ1v) is 3.66. The third kappa shape index (κ3) is 2.55. The predicted molar refractivity (Wildman–Crippen MR) is 45.4 cm³/mol. The van der Waals surface area contributed by atoms with Gasteiger partial charge in [0.1, 0.15) is 5.75 Å². The van der Waals surface area contributed by atoms with E-state index in [4.69, 9.17) is 11.5 Å². The summed E-state index contributed by atoms with van der Waals surface area (Å²) in [5, 5.41) is 0. The molecule has 0 unspecified atom stereocenters. The Morgan fingerprint density at radius 2 is 2.08 bits per heavy atom. The molecule has 0 aliphatic carbocycles. The monoisotopic (exact) mass is 188 g/mol. The molecule has 0 atom stereocenters. The van der Waals surface area contributed by atoms with Gasteiger partial charge < -0.3 is 16.2 Å². The topological polar surface area (TPSA) is 61.3 Å². The van der Waals surface area contributed by atoms with Crippen molar-refractivity contribution in [3.63, 3.8) is 0 Å². The minimum Gasteiger partial charge on any atom is -0.434 e. The molecule has 5 heteroatoms. The third-order valence-electron chi connectivity index (χ3n) is 1.52. The largest absolute Gasteiger partial charge is 0.434 e. The highest BCUT2D eigenvalue weighted by Crippen LogP contribution is 2.22. The summed E-state index contributed by atoms with van der Waals surface area (Å²) in [6, 6.07) is 4.37. The fraction of sp³-hybridized carbons (Fsp3) is 0.250. The molecule has 0 aliphatic rings. The minimum absolute atomic E-state index is 0.0756. The van der Waals surface area contributed by atoms with Crippen LogP contribution in [0, 0.1) is 0 Å². The van der Waals surface area contributed by atoms with Gasteiger partial charge in [-0.3, -0.25) is 0 Å². The van der Waals surface area contributed by atoms with Crippen molar-refractivity contribution in [3.8, 4) is 5.75 Å². The number of nitrogens with two attached hydrogens (primary N) is 2. The highest BCUT2D eigenvalue weighted by molar-refractivity contribution is 5.47. The van der Waals surface area contributed by atoms with Gasteiger partial charge in [0.15, 0.2) is 0 Å². The van der Waals surface area contributed by atoms with Crippen LogP contribution >= 0.6 is 0 Å². The molecule has 4 N–H and O–H groups in total. The standard InChI is InChI=1S/C8H10F2N2O/c9-8(10)13-7-2-1-6(12)3-5(7)4-11/h1-3,8H,4,11-12H2. The van der Waals surface area contributed by atoms with Crippen LogP contribution in [-0.2, 0) is 6.54 Å². The van der Waals surface area contributed by atoms with E-state index >= 15 is 0 Å². The molecule has 13 heavy (non-hydrogen) atoms. The van der Waals surface area contributed by atoms with Crippen LogP contribution in [0.3, 0.4) is 0 Å². The SMILES string of the molecule is NCc1cc(N)ccc1OC(F)F. The lowest BCUT2D eigenvalue weighted by Gasteiger charge is -2.09. The van der Waals surface area contributed by atoms with Gasteiger partial charge in [-0.15, -0.1) is 0 Å². The Bertz CT molecular complexity index is 291. The summed E-state index contributed by atoms with van der Waals surface area (Å²) in [6.07, 6.45) is 0. The van der Waals surface area contributed by atoms with E-state index in [9.17, 15) is 8.78 Å². The highest BCUT2D eigenvalue weighted by atomic mass is 19.3. The molecule has 0 saturated carbocycles. The van der Waals surface area contributed by atoms with Crippen molar-refractivity contribution in [1.82, 2.24) is 0 Å². The van der Waals surface area contributed by atoms with Gasteiger partial charge in [-0.25, -0.2) is 0 Å². The molecule has 0 saturated heterocycles. The van der Waals surface area contributed by atoms with E-state index in [1.165, 1.54) is 18.2 Å². The second kappa shape index (κ2) is 4.04. The van der Waals surface area contributed by atoms with Crippen molar-refractivity contribution in [2.24, 2.45) is 5.73 Å². The van der Waals surface area contributed by atoms with E-state index < -0.39 is 6.61 Å². The average molecular weight is 188 g/mol. The quantitative estimate of drug-likeness (QED) is 0.703. The number of rotatable bonds is 3. The van der Waals surface area contributed by atoms with Gasteiger partial charge in [-0.1, -0.05) is 0 Å². The summed E-state index contributed by atoms with van der Waals surface area (Å²) < 4.78 is 27.9. The number of hydrogen-bond donors (Lipinski definition) is 2. The van der Waals surface area contributed by atoms with Crippen molar-refractivity contribution < 1.29 is 13.5 Å². The maximum Gasteiger partial charge on any atom is 0.387 e. The lowest BCUT2D eigenvalue weighted by molar-refractivity contribution is -0.0504. The molecule has 3 nitrogen and oxygen atoms in total. The third-order valence-corrected chi connectivity index (χ3v) is 1.52. The zero-order chi connectivity index (χ0) is 9.84. The van der Waals surface area contributed by atoms with E-state index in [1.807, 2.05) is 0 Å². The van der Waals surface area contributed by atoms with E-state index in [0.29, 0.717) is 11.3 Å². The van der Waals surface area contributed by atoms with E-state index in [2.05, 4.69) is 4.74 Å². The smallest absolute Gasteiger partial charge is 0.387 e. The Hall–Kier alpha value is -1.36. The summed E-state index contributed by atoms with van der Waals surface area (Å²) in [5.41, 5.74) is 11.7. The van der Waals surface area contributed by atoms with Gasteiger partial charge in [-0.2, -0.15) is 8.78 Å². The van der Waals surface area contributed by atoms with Crippen LogP contribution < -0.4 is 16.2 Å². The summed E-state index contributed by atoms with van der Waals surface area (Å²) in [5.74, 6) is 0.0756. The second-order valence-electron chi connectivity index (χ2n) is 2.45. The molecule has 0 bridgehead atoms. The minimum atomic E-state index is -2.84. The molecule has 0 fully saturated rings. The molecule has 0 radical (unpaired) electrons. The molecule has 0 aromatic heterocycles. The molecule has 0 spiro atoms. The van der Waals surface area contributed by atoms with Gasteiger partial charge >= 0.3 is 6.61 Å². The number of anilines is 1. The number of ether oxygens (including phenoxy) is 1. The van der Waals surface area contributed by atoms with Crippen molar-refractivity contribution in [1.29, 1.82) is 0 Å². The van der Waals surface area contributed by atoms with Crippen molar-refractivity contribution in [2.75, 3.05) is 5.73 Å². The summed E-state index contributed by atoms with van der Waals surface area (Å²) in [4.78, 5) is 0. The van der Waals surface area contributed by atoms with Crippen LogP contribution in [0.5, 0.6) is 5.75 Å². The van der Waals surface area contributed by atoms with E-state index in [1.54, 1.807) is 0 Å². The molecule has 0 aliphatic heterocycles. The molecule has 1 aromatic rings. The lowest BCUT2D eigenvalue weighted by atomic mass is 10.2. The first-order valence-electron chi connectivity index (χ1n) is 3.66. The zero-order valence-corrected chi connectivity index (χ0v) is 6.84. The van der Waals surface area contributed by atoms with Crippen LogP contribution in [-0.4, -0.2) is 6.61 Å². The maximum atomic E-state index is 11.8. The van der Waals surface area contributed by atoms with Crippen LogP contribution in [0.4, 0.5) is 14.5 Å². The maximum absolute atomic E-state index is 11.8.